The molecule has 23 heavy (non-hydrogen) atoms. The normalized spacial score (nSPS) is 21.9. The number of hydrogen-bond donors (Lipinski definition) is 2. The van der Waals surface area contributed by atoms with Gasteiger partial charge in [-0.2, -0.15) is 0 Å². The van der Waals surface area contributed by atoms with Crippen molar-refractivity contribution in [3.63, 3.8) is 0 Å². The number of anilines is 1. The summed E-state index contributed by atoms with van der Waals surface area (Å²) in [7, 11) is -4.06. The maximum Gasteiger partial charge on any atom is 0.297 e. The molecule has 0 saturated carbocycles. The highest BCUT2D eigenvalue weighted by Gasteiger charge is 2.33. The number of nitrogens with one attached hydrogen (secondary N) is 1. The Hall–Kier alpha value is -1.91. The van der Waals surface area contributed by atoms with Gasteiger partial charge in [-0.1, -0.05) is 0 Å². The van der Waals surface area contributed by atoms with Crippen LogP contribution in [0.4, 0.5) is 11.4 Å². The van der Waals surface area contributed by atoms with Crippen LogP contribution in [-0.4, -0.2) is 39.2 Å². The summed E-state index contributed by atoms with van der Waals surface area (Å²) >= 11 is 0. The third kappa shape index (κ3) is 3.23. The fraction of sp³-hybridized carbons (Fsp3) is 0.538. The van der Waals surface area contributed by atoms with Gasteiger partial charge in [0, 0.05) is 25.3 Å². The Morgan fingerprint density at radius 1 is 1.30 bits per heavy atom. The molecule has 3 rings (SSSR count). The van der Waals surface area contributed by atoms with Crippen molar-refractivity contribution in [2.45, 2.75) is 23.8 Å². The molecule has 1 unspecified atom stereocenters. The standard InChI is InChI=1S/C13H17N3O6S/c14-23(19,20)9-5-11(16(17)18)13-12(6-9)22-7-10(15-13)8-1-3-21-4-2-8/h5-6,8,10,15H,1-4,7H2,(H2,14,19,20). The van der Waals surface area contributed by atoms with Gasteiger partial charge in [0.25, 0.3) is 5.69 Å². The molecule has 1 aromatic carbocycles. The Balaban J connectivity index is 1.96. The molecular formula is C13H17N3O6S. The zero-order chi connectivity index (χ0) is 16.6. The molecule has 10 heteroatoms. The molecule has 2 heterocycles. The predicted molar refractivity (Wildman–Crippen MR) is 80.9 cm³/mol. The van der Waals surface area contributed by atoms with Crippen molar-refractivity contribution in [1.29, 1.82) is 0 Å². The van der Waals surface area contributed by atoms with E-state index in [2.05, 4.69) is 5.32 Å². The summed E-state index contributed by atoms with van der Waals surface area (Å²) < 4.78 is 33.8. The second-order valence-electron chi connectivity index (χ2n) is 5.63. The zero-order valence-electron chi connectivity index (χ0n) is 12.2. The highest BCUT2D eigenvalue weighted by atomic mass is 32.2. The van der Waals surface area contributed by atoms with E-state index >= 15 is 0 Å². The number of sulfonamides is 1. The van der Waals surface area contributed by atoms with Gasteiger partial charge in [0.1, 0.15) is 6.61 Å². The van der Waals surface area contributed by atoms with Crippen molar-refractivity contribution in [2.24, 2.45) is 11.1 Å². The largest absolute Gasteiger partial charge is 0.489 e. The van der Waals surface area contributed by atoms with Crippen LogP contribution in [-0.2, 0) is 14.8 Å². The summed E-state index contributed by atoms with van der Waals surface area (Å²) in [6, 6.07) is 2.09. The Morgan fingerprint density at radius 2 is 2.00 bits per heavy atom. The zero-order valence-corrected chi connectivity index (χ0v) is 13.0. The molecule has 1 atom stereocenters. The number of fused-ring (bicyclic) bond motifs is 1. The summed E-state index contributed by atoms with van der Waals surface area (Å²) in [6.45, 7) is 1.62. The van der Waals surface area contributed by atoms with Crippen LogP contribution < -0.4 is 15.2 Å². The van der Waals surface area contributed by atoms with Gasteiger partial charge in [0.05, 0.1) is 15.9 Å². The molecule has 126 valence electrons. The highest BCUT2D eigenvalue weighted by Crippen LogP contribution is 2.41. The summed E-state index contributed by atoms with van der Waals surface area (Å²) in [5.41, 5.74) is -0.159. The van der Waals surface area contributed by atoms with Gasteiger partial charge in [-0.3, -0.25) is 10.1 Å². The third-order valence-corrected chi connectivity index (χ3v) is 5.06. The Bertz CT molecular complexity index is 729. The molecule has 2 aliphatic heterocycles. The molecule has 2 aliphatic rings. The molecule has 0 bridgehead atoms. The number of rotatable bonds is 3. The first-order chi connectivity index (χ1) is 10.9. The quantitative estimate of drug-likeness (QED) is 0.613. The van der Waals surface area contributed by atoms with Crippen LogP contribution in [0, 0.1) is 16.0 Å². The second-order valence-corrected chi connectivity index (χ2v) is 7.19. The van der Waals surface area contributed by atoms with Gasteiger partial charge in [-0.25, -0.2) is 13.6 Å². The summed E-state index contributed by atoms with van der Waals surface area (Å²) in [5, 5.41) is 19.5. The minimum atomic E-state index is -4.06. The van der Waals surface area contributed by atoms with E-state index in [9.17, 15) is 18.5 Å². The van der Waals surface area contributed by atoms with E-state index in [1.165, 1.54) is 6.07 Å². The number of nitro groups is 1. The Labute approximate surface area is 133 Å². The maximum absolute atomic E-state index is 11.5. The van der Waals surface area contributed by atoms with Crippen LogP contribution in [0.25, 0.3) is 0 Å². The van der Waals surface area contributed by atoms with E-state index in [1.54, 1.807) is 0 Å². The average molecular weight is 343 g/mol. The highest BCUT2D eigenvalue weighted by molar-refractivity contribution is 7.89. The van der Waals surface area contributed by atoms with Crippen molar-refractivity contribution in [3.05, 3.63) is 22.2 Å². The molecule has 9 nitrogen and oxygen atoms in total. The van der Waals surface area contributed by atoms with Gasteiger partial charge < -0.3 is 14.8 Å². The molecule has 1 saturated heterocycles. The fourth-order valence-corrected chi connectivity index (χ4v) is 3.47. The van der Waals surface area contributed by atoms with E-state index in [4.69, 9.17) is 14.6 Å². The number of primary sulfonamides is 1. The number of ether oxygens (including phenoxy) is 2. The molecular weight excluding hydrogens is 326 g/mol. The summed E-state index contributed by atoms with van der Waals surface area (Å²) in [6.07, 6.45) is 1.69. The Morgan fingerprint density at radius 3 is 2.61 bits per heavy atom. The maximum atomic E-state index is 11.5. The lowest BCUT2D eigenvalue weighted by Gasteiger charge is -2.35. The van der Waals surface area contributed by atoms with E-state index in [0.29, 0.717) is 19.8 Å². The molecule has 1 fully saturated rings. The van der Waals surface area contributed by atoms with E-state index in [0.717, 1.165) is 18.9 Å². The van der Waals surface area contributed by atoms with Gasteiger partial charge in [-0.05, 0) is 18.8 Å². The van der Waals surface area contributed by atoms with Gasteiger partial charge in [0.2, 0.25) is 10.0 Å². The molecule has 0 aliphatic carbocycles. The number of nitrogens with zero attached hydrogens (tertiary/aromatic N) is 1. The van der Waals surface area contributed by atoms with Crippen LogP contribution in [0.3, 0.4) is 0 Å². The molecule has 0 aromatic heterocycles. The topological polar surface area (TPSA) is 134 Å². The minimum absolute atomic E-state index is 0.0783. The number of nitro benzene ring substituents is 1. The number of benzene rings is 1. The van der Waals surface area contributed by atoms with E-state index in [-0.39, 0.29) is 34.0 Å². The van der Waals surface area contributed by atoms with Crippen molar-refractivity contribution in [1.82, 2.24) is 0 Å². The van der Waals surface area contributed by atoms with Gasteiger partial charge in [0.15, 0.2) is 11.4 Å². The lowest BCUT2D eigenvalue weighted by Crippen LogP contribution is -2.40. The Kier molecular flexibility index (Phi) is 4.13. The van der Waals surface area contributed by atoms with Gasteiger partial charge >= 0.3 is 0 Å². The van der Waals surface area contributed by atoms with Crippen molar-refractivity contribution < 1.29 is 22.8 Å². The van der Waals surface area contributed by atoms with Crippen LogP contribution in [0.15, 0.2) is 17.0 Å². The smallest absolute Gasteiger partial charge is 0.297 e. The fourth-order valence-electron chi connectivity index (χ4n) is 2.92. The van der Waals surface area contributed by atoms with Crippen LogP contribution >= 0.6 is 0 Å². The third-order valence-electron chi connectivity index (χ3n) is 4.16. The van der Waals surface area contributed by atoms with Crippen LogP contribution in [0.2, 0.25) is 0 Å². The lowest BCUT2D eigenvalue weighted by molar-refractivity contribution is -0.384. The van der Waals surface area contributed by atoms with Gasteiger partial charge in [-0.15, -0.1) is 0 Å². The first-order valence-corrected chi connectivity index (χ1v) is 8.73. The minimum Gasteiger partial charge on any atom is -0.489 e. The van der Waals surface area contributed by atoms with Crippen molar-refractivity contribution >= 4 is 21.4 Å². The second kappa shape index (κ2) is 5.95. The number of hydrogen-bond acceptors (Lipinski definition) is 7. The lowest BCUT2D eigenvalue weighted by atomic mass is 9.91. The number of nitrogens with two attached hydrogens (primary N) is 1. The van der Waals surface area contributed by atoms with Crippen molar-refractivity contribution in [3.8, 4) is 5.75 Å². The van der Waals surface area contributed by atoms with Crippen LogP contribution in [0.1, 0.15) is 12.8 Å². The summed E-state index contributed by atoms with van der Waals surface area (Å²) in [4.78, 5) is 10.3. The monoisotopic (exact) mass is 343 g/mol. The molecule has 1 aromatic rings. The molecule has 0 spiro atoms. The van der Waals surface area contributed by atoms with Crippen LogP contribution in [0.5, 0.6) is 5.75 Å². The molecule has 3 N–H and O–H groups in total. The molecule has 0 radical (unpaired) electrons. The average Bonchev–Trinajstić information content (AvgIpc) is 2.53. The van der Waals surface area contributed by atoms with E-state index < -0.39 is 14.9 Å². The SMILES string of the molecule is NS(=O)(=O)c1cc2c(c([N+](=O)[O-])c1)NC(C1CCOCC1)CO2. The first kappa shape index (κ1) is 16.0. The van der Waals surface area contributed by atoms with E-state index in [1.807, 2.05) is 0 Å². The molecule has 0 amide bonds. The predicted octanol–water partition coefficient (Wildman–Crippen LogP) is 0.842. The van der Waals surface area contributed by atoms with Crippen molar-refractivity contribution in [2.75, 3.05) is 25.1 Å². The first-order valence-electron chi connectivity index (χ1n) is 7.18. The summed E-state index contributed by atoms with van der Waals surface area (Å²) in [5.74, 6) is 0.418.